The lowest BCUT2D eigenvalue weighted by atomic mass is 9.80. The van der Waals surface area contributed by atoms with Crippen LogP contribution in [0, 0.1) is 18.8 Å². The van der Waals surface area contributed by atoms with E-state index in [0.29, 0.717) is 11.2 Å². The fraction of sp³-hybridized carbons (Fsp3) is 0.846. The van der Waals surface area contributed by atoms with E-state index in [4.69, 9.17) is 5.73 Å². The molecule has 0 bridgehead atoms. The molecule has 1 heterocycles. The van der Waals surface area contributed by atoms with Gasteiger partial charge in [0.2, 0.25) is 0 Å². The molecule has 4 nitrogen and oxygen atoms in total. The van der Waals surface area contributed by atoms with Crippen LogP contribution in [-0.4, -0.2) is 26.6 Å². The van der Waals surface area contributed by atoms with E-state index in [1.807, 2.05) is 25.7 Å². The number of nitrogens with two attached hydrogens (primary N) is 1. The van der Waals surface area contributed by atoms with Crippen molar-refractivity contribution in [1.82, 2.24) is 14.8 Å². The van der Waals surface area contributed by atoms with Gasteiger partial charge >= 0.3 is 0 Å². The molecule has 0 spiro atoms. The third-order valence-electron chi connectivity index (χ3n) is 4.23. The number of hydrogen-bond donors (Lipinski definition) is 1. The van der Waals surface area contributed by atoms with Gasteiger partial charge in [0.15, 0.2) is 5.16 Å². The number of nitrogens with zero attached hydrogens (tertiary/aromatic N) is 3. The van der Waals surface area contributed by atoms with Crippen LogP contribution in [0.5, 0.6) is 0 Å². The first kappa shape index (κ1) is 13.9. The fourth-order valence-corrected chi connectivity index (χ4v) is 4.14. The minimum atomic E-state index is 0.607. The highest BCUT2D eigenvalue weighted by Crippen LogP contribution is 2.39. The molecule has 1 aliphatic carbocycles. The number of thioether (sulfide) groups is 1. The second-order valence-electron chi connectivity index (χ2n) is 5.33. The molecule has 3 unspecified atom stereocenters. The first-order chi connectivity index (χ1) is 8.65. The molecule has 18 heavy (non-hydrogen) atoms. The van der Waals surface area contributed by atoms with Crippen molar-refractivity contribution in [2.45, 2.75) is 49.9 Å². The molecule has 0 amide bonds. The Morgan fingerprint density at radius 1 is 1.39 bits per heavy atom. The van der Waals surface area contributed by atoms with Crippen molar-refractivity contribution in [3.8, 4) is 0 Å². The summed E-state index contributed by atoms with van der Waals surface area (Å²) in [7, 11) is 2.04. The van der Waals surface area contributed by atoms with E-state index in [0.717, 1.165) is 23.4 Å². The van der Waals surface area contributed by atoms with E-state index < -0.39 is 0 Å². The quantitative estimate of drug-likeness (QED) is 0.911. The van der Waals surface area contributed by atoms with Crippen molar-refractivity contribution in [1.29, 1.82) is 0 Å². The third-order valence-corrected chi connectivity index (χ3v) is 5.67. The Bertz CT molecular complexity index is 390. The Hall–Kier alpha value is -0.550. The van der Waals surface area contributed by atoms with Crippen molar-refractivity contribution in [2.24, 2.45) is 24.6 Å². The minimum absolute atomic E-state index is 0.607. The van der Waals surface area contributed by atoms with E-state index >= 15 is 0 Å². The van der Waals surface area contributed by atoms with Crippen LogP contribution >= 0.6 is 11.8 Å². The monoisotopic (exact) mass is 268 g/mol. The normalized spacial score (nSPS) is 28.6. The van der Waals surface area contributed by atoms with Gasteiger partial charge in [0.1, 0.15) is 5.82 Å². The molecule has 1 fully saturated rings. The second kappa shape index (κ2) is 6.06. The van der Waals surface area contributed by atoms with E-state index in [-0.39, 0.29) is 0 Å². The van der Waals surface area contributed by atoms with Crippen molar-refractivity contribution >= 4 is 11.8 Å². The molecule has 5 heteroatoms. The van der Waals surface area contributed by atoms with Gasteiger partial charge in [-0.25, -0.2) is 0 Å². The van der Waals surface area contributed by atoms with Crippen molar-refractivity contribution in [3.63, 3.8) is 0 Å². The van der Waals surface area contributed by atoms with E-state index in [9.17, 15) is 0 Å². The second-order valence-corrected chi connectivity index (χ2v) is 6.53. The van der Waals surface area contributed by atoms with Gasteiger partial charge in [-0.15, -0.1) is 10.2 Å². The molecule has 3 atom stereocenters. The van der Waals surface area contributed by atoms with Crippen LogP contribution in [0.3, 0.4) is 0 Å². The summed E-state index contributed by atoms with van der Waals surface area (Å²) in [6, 6.07) is 0. The van der Waals surface area contributed by atoms with E-state index in [1.165, 1.54) is 25.7 Å². The first-order valence-corrected chi connectivity index (χ1v) is 7.76. The maximum Gasteiger partial charge on any atom is 0.191 e. The van der Waals surface area contributed by atoms with Crippen LogP contribution in [-0.2, 0) is 7.05 Å². The smallest absolute Gasteiger partial charge is 0.191 e. The average Bonchev–Trinajstić information content (AvgIpc) is 2.70. The number of hydrogen-bond acceptors (Lipinski definition) is 4. The summed E-state index contributed by atoms with van der Waals surface area (Å²) in [4.78, 5) is 0. The molecule has 0 aromatic carbocycles. The molecule has 102 valence electrons. The molecule has 0 radical (unpaired) electrons. The Morgan fingerprint density at radius 2 is 2.17 bits per heavy atom. The molecule has 1 aromatic rings. The van der Waals surface area contributed by atoms with Crippen molar-refractivity contribution < 1.29 is 0 Å². The third kappa shape index (κ3) is 2.88. The topological polar surface area (TPSA) is 56.7 Å². The maximum absolute atomic E-state index is 5.92. The largest absolute Gasteiger partial charge is 0.330 e. The lowest BCUT2D eigenvalue weighted by molar-refractivity contribution is 0.283. The summed E-state index contributed by atoms with van der Waals surface area (Å²) in [5.41, 5.74) is 5.92. The SMILES string of the molecule is CCC1CCC(CN)C(Sc2nnc(C)n2C)C1. The Kier molecular flexibility index (Phi) is 4.67. The van der Waals surface area contributed by atoms with Gasteiger partial charge < -0.3 is 10.3 Å². The fourth-order valence-electron chi connectivity index (χ4n) is 2.69. The van der Waals surface area contributed by atoms with Crippen LogP contribution < -0.4 is 5.73 Å². The summed E-state index contributed by atoms with van der Waals surface area (Å²) < 4.78 is 2.08. The summed E-state index contributed by atoms with van der Waals surface area (Å²) in [5, 5.41) is 10.0. The highest BCUT2D eigenvalue weighted by Gasteiger charge is 2.30. The Morgan fingerprint density at radius 3 is 2.72 bits per heavy atom. The van der Waals surface area contributed by atoms with Crippen LogP contribution in [0.15, 0.2) is 5.16 Å². The van der Waals surface area contributed by atoms with Crippen molar-refractivity contribution in [3.05, 3.63) is 5.82 Å². The summed E-state index contributed by atoms with van der Waals surface area (Å²) in [5.74, 6) is 2.47. The zero-order chi connectivity index (χ0) is 13.1. The van der Waals surface area contributed by atoms with Crippen LogP contribution in [0.25, 0.3) is 0 Å². The Balaban J connectivity index is 2.06. The molecule has 1 aromatic heterocycles. The first-order valence-electron chi connectivity index (χ1n) is 6.88. The summed E-state index contributed by atoms with van der Waals surface area (Å²) >= 11 is 1.87. The molecular weight excluding hydrogens is 244 g/mol. The number of rotatable bonds is 4. The zero-order valence-corrected chi connectivity index (χ0v) is 12.4. The lowest BCUT2D eigenvalue weighted by Crippen LogP contribution is -2.32. The highest BCUT2D eigenvalue weighted by molar-refractivity contribution is 7.99. The molecule has 1 saturated carbocycles. The molecule has 2 rings (SSSR count). The van der Waals surface area contributed by atoms with Gasteiger partial charge in [0, 0.05) is 12.3 Å². The number of aromatic nitrogens is 3. The summed E-state index contributed by atoms with van der Waals surface area (Å²) in [6.45, 7) is 5.08. The van der Waals surface area contributed by atoms with Crippen LogP contribution in [0.2, 0.25) is 0 Å². The zero-order valence-electron chi connectivity index (χ0n) is 11.6. The molecule has 0 saturated heterocycles. The van der Waals surface area contributed by atoms with Crippen LogP contribution in [0.1, 0.15) is 38.4 Å². The van der Waals surface area contributed by atoms with Gasteiger partial charge in [-0.2, -0.15) is 0 Å². The van der Waals surface area contributed by atoms with E-state index in [2.05, 4.69) is 21.7 Å². The molecular formula is C13H24N4S. The minimum Gasteiger partial charge on any atom is -0.330 e. The molecule has 1 aliphatic rings. The Labute approximate surface area is 114 Å². The highest BCUT2D eigenvalue weighted by atomic mass is 32.2. The predicted octanol–water partition coefficient (Wildman–Crippen LogP) is 2.37. The average molecular weight is 268 g/mol. The van der Waals surface area contributed by atoms with Gasteiger partial charge in [-0.3, -0.25) is 0 Å². The maximum atomic E-state index is 5.92. The molecule has 2 N–H and O–H groups in total. The lowest BCUT2D eigenvalue weighted by Gasteiger charge is -2.34. The van der Waals surface area contributed by atoms with Gasteiger partial charge in [-0.1, -0.05) is 31.5 Å². The van der Waals surface area contributed by atoms with Crippen LogP contribution in [0.4, 0.5) is 0 Å². The standard InChI is InChI=1S/C13H24N4S/c1-4-10-5-6-11(8-14)12(7-10)18-13-16-15-9(2)17(13)3/h10-12H,4-8,14H2,1-3H3. The predicted molar refractivity (Wildman–Crippen MR) is 75.6 cm³/mol. The van der Waals surface area contributed by atoms with Gasteiger partial charge in [0.05, 0.1) is 0 Å². The number of aryl methyl sites for hydroxylation is 1. The molecule has 0 aliphatic heterocycles. The van der Waals surface area contributed by atoms with Crippen molar-refractivity contribution in [2.75, 3.05) is 6.54 Å². The van der Waals surface area contributed by atoms with E-state index in [1.54, 1.807) is 0 Å². The van der Waals surface area contributed by atoms with Gasteiger partial charge in [-0.05, 0) is 38.1 Å². The van der Waals surface area contributed by atoms with Gasteiger partial charge in [0.25, 0.3) is 0 Å². The summed E-state index contributed by atoms with van der Waals surface area (Å²) in [6.07, 6.45) is 5.16.